The summed E-state index contributed by atoms with van der Waals surface area (Å²) in [7, 11) is 0. The Morgan fingerprint density at radius 2 is 1.89 bits per heavy atom. The summed E-state index contributed by atoms with van der Waals surface area (Å²) >= 11 is 0. The van der Waals surface area contributed by atoms with Crippen LogP contribution in [-0.4, -0.2) is 5.60 Å². The highest BCUT2D eigenvalue weighted by Crippen LogP contribution is 2.44. The van der Waals surface area contributed by atoms with Crippen molar-refractivity contribution in [3.05, 3.63) is 47.6 Å². The van der Waals surface area contributed by atoms with Gasteiger partial charge in [-0.3, -0.25) is 0 Å². The molecule has 2 heteroatoms. The first-order chi connectivity index (χ1) is 8.55. The molecule has 1 heterocycles. The third kappa shape index (κ3) is 2.45. The lowest BCUT2D eigenvalue weighted by Crippen LogP contribution is -2.34. The standard InChI is InChI=1S/C17H22O.H3N/c1-6-12-10-9-11-15-16(12)13(7-2)14(8-3)17(4,5)18-15;/h8-11H,3,6-7H2,1-2,4-5H3;1H3. The molecule has 0 saturated carbocycles. The van der Waals surface area contributed by atoms with Crippen LogP contribution in [0.25, 0.3) is 5.57 Å². The van der Waals surface area contributed by atoms with Gasteiger partial charge in [-0.25, -0.2) is 0 Å². The molecule has 0 radical (unpaired) electrons. The van der Waals surface area contributed by atoms with Crippen LogP contribution in [0.15, 0.2) is 36.4 Å². The lowest BCUT2D eigenvalue weighted by atomic mass is 9.82. The average molecular weight is 259 g/mol. The van der Waals surface area contributed by atoms with Crippen LogP contribution in [0.3, 0.4) is 0 Å². The Bertz CT molecular complexity index is 512. The summed E-state index contributed by atoms with van der Waals surface area (Å²) in [4.78, 5) is 0. The monoisotopic (exact) mass is 259 g/mol. The molecule has 0 aliphatic carbocycles. The van der Waals surface area contributed by atoms with Crippen LogP contribution < -0.4 is 10.9 Å². The molecule has 0 atom stereocenters. The van der Waals surface area contributed by atoms with Crippen molar-refractivity contribution >= 4 is 5.57 Å². The van der Waals surface area contributed by atoms with Gasteiger partial charge in [0.15, 0.2) is 0 Å². The third-order valence-electron chi connectivity index (χ3n) is 3.69. The normalized spacial score (nSPS) is 16.2. The Hall–Kier alpha value is -1.54. The highest BCUT2D eigenvalue weighted by molar-refractivity contribution is 5.80. The smallest absolute Gasteiger partial charge is 0.129 e. The molecule has 104 valence electrons. The molecule has 1 aliphatic rings. The van der Waals surface area contributed by atoms with E-state index in [1.54, 1.807) is 0 Å². The summed E-state index contributed by atoms with van der Waals surface area (Å²) in [6.07, 6.45) is 3.99. The molecule has 2 rings (SSSR count). The molecule has 0 spiro atoms. The first-order valence-corrected chi connectivity index (χ1v) is 6.72. The fourth-order valence-electron chi connectivity index (χ4n) is 2.86. The maximum atomic E-state index is 6.17. The minimum Gasteiger partial charge on any atom is -0.483 e. The molecule has 0 aromatic heterocycles. The second-order valence-electron chi connectivity index (χ2n) is 5.21. The van der Waals surface area contributed by atoms with Gasteiger partial charge in [-0.15, -0.1) is 0 Å². The number of allylic oxidation sites excluding steroid dienone is 1. The quantitative estimate of drug-likeness (QED) is 0.836. The number of hydrogen-bond acceptors (Lipinski definition) is 2. The summed E-state index contributed by atoms with van der Waals surface area (Å²) in [6, 6.07) is 6.35. The van der Waals surface area contributed by atoms with E-state index in [1.165, 1.54) is 22.3 Å². The Balaban J connectivity index is 0.00000180. The zero-order chi connectivity index (χ0) is 13.3. The predicted octanol–water partition coefficient (Wildman–Crippen LogP) is 4.93. The van der Waals surface area contributed by atoms with Crippen LogP contribution in [0, 0.1) is 0 Å². The van der Waals surface area contributed by atoms with Crippen molar-refractivity contribution in [2.45, 2.75) is 46.1 Å². The van der Waals surface area contributed by atoms with Crippen molar-refractivity contribution in [2.75, 3.05) is 0 Å². The largest absolute Gasteiger partial charge is 0.483 e. The summed E-state index contributed by atoms with van der Waals surface area (Å²) in [5.41, 5.74) is 4.97. The zero-order valence-corrected chi connectivity index (χ0v) is 12.5. The topological polar surface area (TPSA) is 44.2 Å². The Kier molecular flexibility index (Phi) is 4.59. The van der Waals surface area contributed by atoms with Gasteiger partial charge in [-0.1, -0.05) is 38.6 Å². The Morgan fingerprint density at radius 1 is 1.21 bits per heavy atom. The van der Waals surface area contributed by atoms with Crippen LogP contribution in [0.1, 0.15) is 45.2 Å². The number of ether oxygens (including phenoxy) is 1. The minimum atomic E-state index is -0.285. The van der Waals surface area contributed by atoms with Crippen LogP contribution in [-0.2, 0) is 6.42 Å². The van der Waals surface area contributed by atoms with Crippen molar-refractivity contribution in [3.8, 4) is 5.75 Å². The highest BCUT2D eigenvalue weighted by Gasteiger charge is 2.33. The van der Waals surface area contributed by atoms with Gasteiger partial charge in [0.25, 0.3) is 0 Å². The van der Waals surface area contributed by atoms with Gasteiger partial charge < -0.3 is 10.9 Å². The number of hydrogen-bond donors (Lipinski definition) is 1. The molecule has 0 amide bonds. The minimum absolute atomic E-state index is 0. The fraction of sp³-hybridized carbons (Fsp3) is 0.412. The summed E-state index contributed by atoms with van der Waals surface area (Å²) < 4.78 is 6.17. The van der Waals surface area contributed by atoms with Crippen molar-refractivity contribution in [1.82, 2.24) is 6.15 Å². The Morgan fingerprint density at radius 3 is 2.42 bits per heavy atom. The van der Waals surface area contributed by atoms with Crippen LogP contribution >= 0.6 is 0 Å². The van der Waals surface area contributed by atoms with E-state index in [-0.39, 0.29) is 11.8 Å². The molecule has 1 aromatic carbocycles. The fourth-order valence-corrected chi connectivity index (χ4v) is 2.86. The van der Waals surface area contributed by atoms with E-state index in [2.05, 4.69) is 52.5 Å². The molecule has 3 N–H and O–H groups in total. The highest BCUT2D eigenvalue weighted by atomic mass is 16.5. The molecule has 2 nitrogen and oxygen atoms in total. The van der Waals surface area contributed by atoms with E-state index in [0.717, 1.165) is 18.6 Å². The SMILES string of the molecule is C=CC1=C(CC)c2c(CC)cccc2OC1(C)C.N. The number of fused-ring (bicyclic) bond motifs is 1. The van der Waals surface area contributed by atoms with E-state index in [0.29, 0.717) is 0 Å². The molecule has 0 unspecified atom stereocenters. The molecule has 0 saturated heterocycles. The van der Waals surface area contributed by atoms with Crippen LogP contribution in [0.2, 0.25) is 0 Å². The van der Waals surface area contributed by atoms with E-state index < -0.39 is 0 Å². The maximum Gasteiger partial charge on any atom is 0.129 e. The van der Waals surface area contributed by atoms with Crippen molar-refractivity contribution in [1.29, 1.82) is 0 Å². The van der Waals surface area contributed by atoms with Gasteiger partial charge in [0, 0.05) is 5.56 Å². The van der Waals surface area contributed by atoms with Crippen molar-refractivity contribution in [2.24, 2.45) is 0 Å². The first kappa shape index (κ1) is 15.5. The summed E-state index contributed by atoms with van der Waals surface area (Å²) in [5, 5.41) is 0. The number of benzene rings is 1. The van der Waals surface area contributed by atoms with Gasteiger partial charge in [0.2, 0.25) is 0 Å². The van der Waals surface area contributed by atoms with Crippen molar-refractivity contribution in [3.63, 3.8) is 0 Å². The third-order valence-corrected chi connectivity index (χ3v) is 3.69. The lowest BCUT2D eigenvalue weighted by Gasteiger charge is -2.36. The van der Waals surface area contributed by atoms with Gasteiger partial charge in [0.1, 0.15) is 11.4 Å². The van der Waals surface area contributed by atoms with E-state index in [1.807, 2.05) is 6.08 Å². The van der Waals surface area contributed by atoms with E-state index in [9.17, 15) is 0 Å². The second kappa shape index (κ2) is 5.62. The molecular weight excluding hydrogens is 234 g/mol. The van der Waals surface area contributed by atoms with Gasteiger partial charge in [0.05, 0.1) is 0 Å². The van der Waals surface area contributed by atoms with Crippen LogP contribution in [0.5, 0.6) is 5.75 Å². The van der Waals surface area contributed by atoms with E-state index in [4.69, 9.17) is 4.74 Å². The van der Waals surface area contributed by atoms with Gasteiger partial charge >= 0.3 is 0 Å². The summed E-state index contributed by atoms with van der Waals surface area (Å²) in [6.45, 7) is 12.6. The van der Waals surface area contributed by atoms with Gasteiger partial charge in [-0.2, -0.15) is 0 Å². The lowest BCUT2D eigenvalue weighted by molar-refractivity contribution is 0.148. The maximum absolute atomic E-state index is 6.17. The molecule has 1 aromatic rings. The average Bonchev–Trinajstić information content (AvgIpc) is 2.34. The molecule has 0 fully saturated rings. The molecule has 0 bridgehead atoms. The number of aryl methyl sites for hydroxylation is 1. The molecule has 19 heavy (non-hydrogen) atoms. The predicted molar refractivity (Wildman–Crippen MR) is 83.0 cm³/mol. The number of rotatable bonds is 3. The van der Waals surface area contributed by atoms with Crippen molar-refractivity contribution < 1.29 is 4.74 Å². The molecular formula is C17H25NO. The van der Waals surface area contributed by atoms with Gasteiger partial charge in [-0.05, 0) is 49.5 Å². The Labute approximate surface area is 116 Å². The molecule has 1 aliphatic heterocycles. The summed E-state index contributed by atoms with van der Waals surface area (Å²) in [5.74, 6) is 1.02. The first-order valence-electron chi connectivity index (χ1n) is 6.72. The second-order valence-corrected chi connectivity index (χ2v) is 5.21. The van der Waals surface area contributed by atoms with E-state index >= 15 is 0 Å². The zero-order valence-electron chi connectivity index (χ0n) is 12.5. The van der Waals surface area contributed by atoms with Crippen LogP contribution in [0.4, 0.5) is 0 Å².